The Bertz CT molecular complexity index is 539. The molecule has 1 aliphatic carbocycles. The van der Waals surface area contributed by atoms with Gasteiger partial charge in [0.25, 0.3) is 5.91 Å². The number of nitrogens with zero attached hydrogens (tertiary/aromatic N) is 1. The molecule has 1 amide bonds. The number of aliphatic carboxylic acids is 1. The van der Waals surface area contributed by atoms with Crippen LogP contribution in [-0.2, 0) is 11.2 Å². The number of rotatable bonds is 5. The maximum atomic E-state index is 12.4. The van der Waals surface area contributed by atoms with Crippen molar-refractivity contribution in [3.05, 3.63) is 15.6 Å². The molecule has 2 N–H and O–H groups in total. The molecule has 1 aliphatic rings. The molecular formula is C15H22N2O3S. The van der Waals surface area contributed by atoms with E-state index in [1.54, 1.807) is 0 Å². The van der Waals surface area contributed by atoms with Gasteiger partial charge in [-0.15, -0.1) is 11.3 Å². The van der Waals surface area contributed by atoms with Crippen molar-refractivity contribution in [3.63, 3.8) is 0 Å². The molecule has 6 heteroatoms. The zero-order chi connectivity index (χ0) is 15.6. The van der Waals surface area contributed by atoms with Crippen LogP contribution in [0, 0.1) is 18.8 Å². The van der Waals surface area contributed by atoms with E-state index < -0.39 is 5.97 Å². The summed E-state index contributed by atoms with van der Waals surface area (Å²) in [7, 11) is 0. The van der Waals surface area contributed by atoms with E-state index in [0.717, 1.165) is 23.5 Å². The van der Waals surface area contributed by atoms with E-state index in [-0.39, 0.29) is 17.9 Å². The standard InChI is InChI=1S/C15H22N2O3S/c1-8(2)6-12-13(21-9(3)16-12)14(18)17-11-5-4-10(7-11)15(19)20/h8,10-11H,4-7H2,1-3H3,(H,17,18)(H,19,20)/t10-,11+/m0/s1. The van der Waals surface area contributed by atoms with Crippen molar-refractivity contribution >= 4 is 23.2 Å². The molecule has 0 saturated heterocycles. The maximum absolute atomic E-state index is 12.4. The van der Waals surface area contributed by atoms with Gasteiger partial charge < -0.3 is 10.4 Å². The van der Waals surface area contributed by atoms with Gasteiger partial charge in [0.2, 0.25) is 0 Å². The summed E-state index contributed by atoms with van der Waals surface area (Å²) in [5.74, 6) is -0.747. The van der Waals surface area contributed by atoms with E-state index in [4.69, 9.17) is 5.11 Å². The van der Waals surface area contributed by atoms with Gasteiger partial charge in [-0.2, -0.15) is 0 Å². The van der Waals surface area contributed by atoms with E-state index in [0.29, 0.717) is 23.6 Å². The average molecular weight is 310 g/mol. The van der Waals surface area contributed by atoms with Gasteiger partial charge in [0, 0.05) is 6.04 Å². The second-order valence-corrected chi connectivity index (χ2v) is 7.33. The summed E-state index contributed by atoms with van der Waals surface area (Å²) in [6.45, 7) is 6.11. The molecule has 1 heterocycles. The van der Waals surface area contributed by atoms with E-state index in [1.165, 1.54) is 11.3 Å². The lowest BCUT2D eigenvalue weighted by Crippen LogP contribution is -2.33. The zero-order valence-corrected chi connectivity index (χ0v) is 13.5. The largest absolute Gasteiger partial charge is 0.481 e. The van der Waals surface area contributed by atoms with Crippen LogP contribution in [0.3, 0.4) is 0 Å². The Kier molecular flexibility index (Phi) is 4.98. The molecule has 21 heavy (non-hydrogen) atoms. The van der Waals surface area contributed by atoms with Gasteiger partial charge in [-0.1, -0.05) is 13.8 Å². The van der Waals surface area contributed by atoms with Gasteiger partial charge in [0.05, 0.1) is 16.6 Å². The first kappa shape index (κ1) is 15.9. The molecule has 1 saturated carbocycles. The second kappa shape index (κ2) is 6.56. The summed E-state index contributed by atoms with van der Waals surface area (Å²) in [5, 5.41) is 12.9. The molecule has 1 aromatic rings. The molecule has 2 atom stereocenters. The molecule has 0 radical (unpaired) electrons. The minimum Gasteiger partial charge on any atom is -0.481 e. The van der Waals surface area contributed by atoms with Gasteiger partial charge in [-0.3, -0.25) is 9.59 Å². The van der Waals surface area contributed by atoms with Crippen LogP contribution < -0.4 is 5.32 Å². The zero-order valence-electron chi connectivity index (χ0n) is 12.7. The lowest BCUT2D eigenvalue weighted by atomic mass is 10.1. The summed E-state index contributed by atoms with van der Waals surface area (Å²) in [6.07, 6.45) is 2.69. The van der Waals surface area contributed by atoms with Crippen molar-refractivity contribution in [2.45, 2.75) is 52.5 Å². The average Bonchev–Trinajstić information content (AvgIpc) is 2.95. The number of amides is 1. The summed E-state index contributed by atoms with van der Waals surface area (Å²) in [5.41, 5.74) is 0.859. The summed E-state index contributed by atoms with van der Waals surface area (Å²) in [6, 6.07) is -0.0343. The van der Waals surface area contributed by atoms with Crippen LogP contribution in [0.4, 0.5) is 0 Å². The van der Waals surface area contributed by atoms with Gasteiger partial charge in [-0.05, 0) is 38.5 Å². The maximum Gasteiger partial charge on any atom is 0.306 e. The van der Waals surface area contributed by atoms with Crippen molar-refractivity contribution in [1.82, 2.24) is 10.3 Å². The van der Waals surface area contributed by atoms with E-state index in [2.05, 4.69) is 24.1 Å². The quantitative estimate of drug-likeness (QED) is 0.876. The monoisotopic (exact) mass is 310 g/mol. The van der Waals surface area contributed by atoms with Crippen LogP contribution in [0.1, 0.15) is 53.5 Å². The number of hydrogen-bond donors (Lipinski definition) is 2. The number of carboxylic acid groups (broad SMARTS) is 1. The Labute approximate surface area is 128 Å². The van der Waals surface area contributed by atoms with Crippen LogP contribution in [0.2, 0.25) is 0 Å². The first-order valence-corrected chi connectivity index (χ1v) is 8.18. The van der Waals surface area contributed by atoms with Crippen LogP contribution in [0.15, 0.2) is 0 Å². The predicted molar refractivity (Wildman–Crippen MR) is 81.6 cm³/mol. The summed E-state index contributed by atoms with van der Waals surface area (Å²) in [4.78, 5) is 28.5. The highest BCUT2D eigenvalue weighted by molar-refractivity contribution is 7.13. The van der Waals surface area contributed by atoms with Crippen molar-refractivity contribution in [3.8, 4) is 0 Å². The minimum atomic E-state index is -0.763. The molecule has 0 unspecified atom stereocenters. The Balaban J connectivity index is 2.02. The molecule has 0 bridgehead atoms. The minimum absolute atomic E-state index is 0.0343. The SMILES string of the molecule is Cc1nc(CC(C)C)c(C(=O)N[C@@H]2CC[C@H](C(=O)O)C2)s1. The highest BCUT2D eigenvalue weighted by atomic mass is 32.1. The van der Waals surface area contributed by atoms with Crippen LogP contribution in [0.5, 0.6) is 0 Å². The number of nitrogens with one attached hydrogen (secondary N) is 1. The number of carboxylic acids is 1. The van der Waals surface area contributed by atoms with Gasteiger partial charge in [0.15, 0.2) is 0 Å². The molecule has 0 aromatic carbocycles. The van der Waals surface area contributed by atoms with Gasteiger partial charge >= 0.3 is 5.97 Å². The highest BCUT2D eigenvalue weighted by Crippen LogP contribution is 2.27. The molecule has 1 fully saturated rings. The topological polar surface area (TPSA) is 79.3 Å². The Morgan fingerprint density at radius 3 is 2.71 bits per heavy atom. The third-order valence-electron chi connectivity index (χ3n) is 3.73. The first-order valence-electron chi connectivity index (χ1n) is 7.36. The second-order valence-electron chi connectivity index (χ2n) is 6.13. The fourth-order valence-corrected chi connectivity index (χ4v) is 3.61. The molecule has 5 nitrogen and oxygen atoms in total. The summed E-state index contributed by atoms with van der Waals surface area (Å²) >= 11 is 1.42. The molecular weight excluding hydrogens is 288 g/mol. The molecule has 2 rings (SSSR count). The van der Waals surface area contributed by atoms with Crippen LogP contribution in [0.25, 0.3) is 0 Å². The molecule has 1 aromatic heterocycles. The van der Waals surface area contributed by atoms with Crippen molar-refractivity contribution < 1.29 is 14.7 Å². The summed E-state index contributed by atoms with van der Waals surface area (Å²) < 4.78 is 0. The normalized spacial score (nSPS) is 21.7. The van der Waals surface area contributed by atoms with E-state index in [1.807, 2.05) is 6.92 Å². The number of hydrogen-bond acceptors (Lipinski definition) is 4. The Morgan fingerprint density at radius 2 is 2.14 bits per heavy atom. The third kappa shape index (κ3) is 4.03. The number of carbonyl (C=O) groups is 2. The number of thiazole rings is 1. The van der Waals surface area contributed by atoms with Crippen molar-refractivity contribution in [1.29, 1.82) is 0 Å². The smallest absolute Gasteiger partial charge is 0.306 e. The lowest BCUT2D eigenvalue weighted by Gasteiger charge is -2.12. The highest BCUT2D eigenvalue weighted by Gasteiger charge is 2.31. The van der Waals surface area contributed by atoms with Gasteiger partial charge in [-0.25, -0.2) is 4.98 Å². The third-order valence-corrected chi connectivity index (χ3v) is 4.74. The van der Waals surface area contributed by atoms with Crippen LogP contribution >= 0.6 is 11.3 Å². The number of aryl methyl sites for hydroxylation is 1. The van der Waals surface area contributed by atoms with Crippen LogP contribution in [-0.4, -0.2) is 28.0 Å². The fraction of sp³-hybridized carbons (Fsp3) is 0.667. The Morgan fingerprint density at radius 1 is 1.43 bits per heavy atom. The molecule has 0 spiro atoms. The number of aromatic nitrogens is 1. The lowest BCUT2D eigenvalue weighted by molar-refractivity contribution is -0.141. The Hall–Kier alpha value is -1.43. The van der Waals surface area contributed by atoms with Crippen molar-refractivity contribution in [2.75, 3.05) is 0 Å². The number of carbonyl (C=O) groups excluding carboxylic acids is 1. The molecule has 116 valence electrons. The first-order chi connectivity index (χ1) is 9.86. The predicted octanol–water partition coefficient (Wildman–Crippen LogP) is 2.63. The van der Waals surface area contributed by atoms with Crippen molar-refractivity contribution in [2.24, 2.45) is 11.8 Å². The fourth-order valence-electron chi connectivity index (χ4n) is 2.76. The van der Waals surface area contributed by atoms with E-state index in [9.17, 15) is 9.59 Å². The van der Waals surface area contributed by atoms with Gasteiger partial charge in [0.1, 0.15) is 4.88 Å². The van der Waals surface area contributed by atoms with E-state index >= 15 is 0 Å². The molecule has 0 aliphatic heterocycles.